The van der Waals surface area contributed by atoms with Gasteiger partial charge in [-0.05, 0) is 38.5 Å². The van der Waals surface area contributed by atoms with Crippen LogP contribution in [0.3, 0.4) is 0 Å². The summed E-state index contributed by atoms with van der Waals surface area (Å²) < 4.78 is 4.61. The van der Waals surface area contributed by atoms with Crippen LogP contribution >= 0.6 is 0 Å². The molecular weight excluding hydrogens is 292 g/mol. The van der Waals surface area contributed by atoms with E-state index in [1.165, 1.54) is 39.2 Å². The van der Waals surface area contributed by atoms with Gasteiger partial charge in [0.2, 0.25) is 0 Å². The zero-order chi connectivity index (χ0) is 17.2. The summed E-state index contributed by atoms with van der Waals surface area (Å²) in [5.74, 6) is -0.786. The van der Waals surface area contributed by atoms with Gasteiger partial charge in [0, 0.05) is 12.8 Å². The molecule has 1 N–H and O–H groups in total. The summed E-state index contributed by atoms with van der Waals surface area (Å²) in [7, 11) is 1.44. The second kappa shape index (κ2) is 17.0. The molecule has 0 saturated carbocycles. The second-order valence-corrected chi connectivity index (χ2v) is 6.05. The summed E-state index contributed by atoms with van der Waals surface area (Å²) in [6, 6.07) is 0. The Hall–Kier alpha value is -1.32. The molecule has 23 heavy (non-hydrogen) atoms. The van der Waals surface area contributed by atoms with E-state index in [-0.39, 0.29) is 5.97 Å². The van der Waals surface area contributed by atoms with Gasteiger partial charge in [0.1, 0.15) is 0 Å². The lowest BCUT2D eigenvalue weighted by molar-refractivity contribution is -0.141. The number of allylic oxidation sites excluding steroid dienone is 2. The fourth-order valence-electron chi connectivity index (χ4n) is 2.47. The van der Waals surface area contributed by atoms with Gasteiger partial charge in [0.15, 0.2) is 0 Å². The van der Waals surface area contributed by atoms with Crippen molar-refractivity contribution in [2.45, 2.75) is 89.9 Å². The van der Waals surface area contributed by atoms with Crippen molar-refractivity contribution in [3.63, 3.8) is 0 Å². The third-order valence-electron chi connectivity index (χ3n) is 3.91. The highest BCUT2D eigenvalue weighted by Crippen LogP contribution is 2.10. The minimum absolute atomic E-state index is 0.102. The number of aliphatic carboxylic acids is 1. The Morgan fingerprint density at radius 3 is 1.65 bits per heavy atom. The Bertz CT molecular complexity index is 323. The van der Waals surface area contributed by atoms with E-state index in [1.807, 2.05) is 0 Å². The van der Waals surface area contributed by atoms with Gasteiger partial charge in [0.25, 0.3) is 0 Å². The highest BCUT2D eigenvalue weighted by molar-refractivity contribution is 5.68. The highest BCUT2D eigenvalue weighted by Gasteiger charge is 1.98. The zero-order valence-electron chi connectivity index (χ0n) is 14.7. The molecule has 0 aliphatic carbocycles. The second-order valence-electron chi connectivity index (χ2n) is 6.05. The molecule has 0 saturated heterocycles. The number of esters is 1. The van der Waals surface area contributed by atoms with Crippen molar-refractivity contribution >= 4 is 11.9 Å². The summed E-state index contributed by atoms with van der Waals surface area (Å²) >= 11 is 0. The Kier molecular flexibility index (Phi) is 16.1. The lowest BCUT2D eigenvalue weighted by Crippen LogP contribution is -1.98. The quantitative estimate of drug-likeness (QED) is 0.239. The first-order chi connectivity index (χ1) is 11.2. The number of carbonyl (C=O) groups is 2. The van der Waals surface area contributed by atoms with Crippen LogP contribution < -0.4 is 0 Å². The third kappa shape index (κ3) is 18.6. The fourth-order valence-corrected chi connectivity index (χ4v) is 2.47. The Labute approximate surface area is 141 Å². The maximum absolute atomic E-state index is 10.9. The van der Waals surface area contributed by atoms with Gasteiger partial charge in [-0.3, -0.25) is 9.59 Å². The summed E-state index contributed by atoms with van der Waals surface area (Å²) in [6.07, 6.45) is 18.8. The number of hydrogen-bond acceptors (Lipinski definition) is 3. The van der Waals surface area contributed by atoms with E-state index < -0.39 is 5.97 Å². The number of ether oxygens (including phenoxy) is 1. The molecular formula is C19H34O4. The molecule has 0 aliphatic heterocycles. The molecule has 0 radical (unpaired) electrons. The van der Waals surface area contributed by atoms with Crippen molar-refractivity contribution in [1.82, 2.24) is 0 Å². The van der Waals surface area contributed by atoms with Crippen LogP contribution in [0.1, 0.15) is 89.9 Å². The first-order valence-electron chi connectivity index (χ1n) is 9.10. The van der Waals surface area contributed by atoms with Gasteiger partial charge in [-0.15, -0.1) is 0 Å². The summed E-state index contributed by atoms with van der Waals surface area (Å²) in [5.41, 5.74) is 0. The van der Waals surface area contributed by atoms with Crippen LogP contribution in [0.25, 0.3) is 0 Å². The molecule has 4 nitrogen and oxygen atoms in total. The van der Waals surface area contributed by atoms with Gasteiger partial charge in [-0.25, -0.2) is 0 Å². The molecule has 134 valence electrons. The van der Waals surface area contributed by atoms with Gasteiger partial charge in [-0.2, -0.15) is 0 Å². The molecule has 0 spiro atoms. The third-order valence-corrected chi connectivity index (χ3v) is 3.91. The number of unbranched alkanes of at least 4 members (excludes halogenated alkanes) is 10. The van der Waals surface area contributed by atoms with Crippen LogP contribution in [0.5, 0.6) is 0 Å². The van der Waals surface area contributed by atoms with E-state index in [2.05, 4.69) is 16.9 Å². The number of hydrogen-bond donors (Lipinski definition) is 1. The van der Waals surface area contributed by atoms with Gasteiger partial charge in [-0.1, -0.05) is 50.7 Å². The first kappa shape index (κ1) is 21.7. The number of carbonyl (C=O) groups excluding carboxylic acids is 1. The predicted molar refractivity (Wildman–Crippen MR) is 93.4 cm³/mol. The standard InChI is InChI=1S/C19H34O4/c1-23-19(22)17-15-13-11-9-7-5-3-2-4-6-8-10-12-14-16-18(20)21/h2-3H,4-17H2,1H3,(H,20,21)/b3-2+. The molecule has 0 bridgehead atoms. The largest absolute Gasteiger partial charge is 0.481 e. The van der Waals surface area contributed by atoms with Crippen molar-refractivity contribution in [2.24, 2.45) is 0 Å². The van der Waals surface area contributed by atoms with E-state index in [0.29, 0.717) is 12.8 Å². The minimum Gasteiger partial charge on any atom is -0.481 e. The number of methoxy groups -OCH3 is 1. The summed E-state index contributed by atoms with van der Waals surface area (Å²) in [4.78, 5) is 21.3. The van der Waals surface area contributed by atoms with Gasteiger partial charge >= 0.3 is 11.9 Å². The number of rotatable bonds is 16. The fraction of sp³-hybridized carbons (Fsp3) is 0.789. The Morgan fingerprint density at radius 2 is 1.17 bits per heavy atom. The van der Waals surface area contributed by atoms with Crippen LogP contribution in [0, 0.1) is 0 Å². The van der Waals surface area contributed by atoms with Crippen molar-refractivity contribution in [1.29, 1.82) is 0 Å². The Balaban J connectivity index is 3.14. The van der Waals surface area contributed by atoms with Crippen LogP contribution in [-0.2, 0) is 14.3 Å². The molecule has 0 unspecified atom stereocenters. The topological polar surface area (TPSA) is 63.6 Å². The molecule has 0 atom stereocenters. The van der Waals surface area contributed by atoms with E-state index in [4.69, 9.17) is 5.11 Å². The van der Waals surface area contributed by atoms with Crippen LogP contribution in [0.2, 0.25) is 0 Å². The van der Waals surface area contributed by atoms with E-state index in [0.717, 1.165) is 44.9 Å². The van der Waals surface area contributed by atoms with E-state index in [1.54, 1.807) is 0 Å². The summed E-state index contributed by atoms with van der Waals surface area (Å²) in [6.45, 7) is 0. The maximum atomic E-state index is 10.9. The zero-order valence-corrected chi connectivity index (χ0v) is 14.7. The molecule has 0 aromatic rings. The minimum atomic E-state index is -0.684. The SMILES string of the molecule is COC(=O)CCCCCCC/C=C/CCCCCCCC(=O)O. The first-order valence-corrected chi connectivity index (χ1v) is 9.10. The van der Waals surface area contributed by atoms with Crippen molar-refractivity contribution in [2.75, 3.05) is 7.11 Å². The van der Waals surface area contributed by atoms with Crippen LogP contribution in [0.4, 0.5) is 0 Å². The highest BCUT2D eigenvalue weighted by atomic mass is 16.5. The average Bonchev–Trinajstić information content (AvgIpc) is 2.53. The maximum Gasteiger partial charge on any atom is 0.305 e. The molecule has 0 amide bonds. The smallest absolute Gasteiger partial charge is 0.305 e. The predicted octanol–water partition coefficient (Wildman–Crippen LogP) is 5.26. The van der Waals surface area contributed by atoms with Gasteiger partial charge < -0.3 is 9.84 Å². The lowest BCUT2D eigenvalue weighted by Gasteiger charge is -2.00. The molecule has 0 rings (SSSR count). The molecule has 4 heteroatoms. The van der Waals surface area contributed by atoms with Crippen LogP contribution in [-0.4, -0.2) is 24.2 Å². The van der Waals surface area contributed by atoms with E-state index in [9.17, 15) is 9.59 Å². The molecule has 0 heterocycles. The van der Waals surface area contributed by atoms with E-state index >= 15 is 0 Å². The molecule has 0 aromatic heterocycles. The summed E-state index contributed by atoms with van der Waals surface area (Å²) in [5, 5.41) is 8.52. The molecule has 0 aromatic carbocycles. The number of carboxylic acid groups (broad SMARTS) is 1. The molecule has 0 fully saturated rings. The Morgan fingerprint density at radius 1 is 0.739 bits per heavy atom. The average molecular weight is 326 g/mol. The van der Waals surface area contributed by atoms with Crippen molar-refractivity contribution in [3.05, 3.63) is 12.2 Å². The normalized spacial score (nSPS) is 11.0. The molecule has 0 aliphatic rings. The van der Waals surface area contributed by atoms with Crippen LogP contribution in [0.15, 0.2) is 12.2 Å². The lowest BCUT2D eigenvalue weighted by atomic mass is 10.1. The number of carboxylic acids is 1. The van der Waals surface area contributed by atoms with Crippen molar-refractivity contribution in [3.8, 4) is 0 Å². The van der Waals surface area contributed by atoms with Crippen molar-refractivity contribution < 1.29 is 19.4 Å². The van der Waals surface area contributed by atoms with Gasteiger partial charge in [0.05, 0.1) is 7.11 Å². The monoisotopic (exact) mass is 326 g/mol.